The number of aliphatic hydroxyl groups excluding tert-OH is 2. The molecule has 2 aliphatic carbocycles. The summed E-state index contributed by atoms with van der Waals surface area (Å²) in [6.07, 6.45) is 0.714. The molecule has 0 bridgehead atoms. The second-order valence-electron chi connectivity index (χ2n) is 6.15. The van der Waals surface area contributed by atoms with Crippen molar-refractivity contribution in [1.82, 2.24) is 0 Å². The van der Waals surface area contributed by atoms with E-state index in [2.05, 4.69) is 6.58 Å². The van der Waals surface area contributed by atoms with Crippen LogP contribution in [0.15, 0.2) is 23.8 Å². The van der Waals surface area contributed by atoms with Gasteiger partial charge in [-0.2, -0.15) is 0 Å². The average Bonchev–Trinajstić information content (AvgIpc) is 2.72. The number of esters is 1. The van der Waals surface area contributed by atoms with Crippen LogP contribution in [-0.4, -0.2) is 34.5 Å². The molecule has 1 unspecified atom stereocenters. The maximum Gasteiger partial charge on any atom is 0.309 e. The Morgan fingerprint density at radius 3 is 2.74 bits per heavy atom. The minimum atomic E-state index is -0.621. The van der Waals surface area contributed by atoms with E-state index >= 15 is 0 Å². The van der Waals surface area contributed by atoms with Crippen molar-refractivity contribution in [3.8, 4) is 0 Å². The van der Waals surface area contributed by atoms with Crippen molar-refractivity contribution in [2.45, 2.75) is 38.6 Å². The zero-order valence-electron chi connectivity index (χ0n) is 11.2. The summed E-state index contributed by atoms with van der Waals surface area (Å²) < 4.78 is 5.52. The highest BCUT2D eigenvalue weighted by molar-refractivity contribution is 5.75. The fourth-order valence-electron chi connectivity index (χ4n) is 4.11. The molecule has 0 aromatic carbocycles. The lowest BCUT2D eigenvalue weighted by molar-refractivity contribution is -0.145. The van der Waals surface area contributed by atoms with Crippen LogP contribution >= 0.6 is 0 Å². The van der Waals surface area contributed by atoms with Gasteiger partial charge in [0.2, 0.25) is 0 Å². The molecular weight excluding hydrogens is 244 g/mol. The number of rotatable bonds is 0. The van der Waals surface area contributed by atoms with E-state index < -0.39 is 12.2 Å². The van der Waals surface area contributed by atoms with Crippen LogP contribution in [0.5, 0.6) is 0 Å². The van der Waals surface area contributed by atoms with Crippen LogP contribution in [0.1, 0.15) is 20.3 Å². The summed E-state index contributed by atoms with van der Waals surface area (Å²) >= 11 is 0. The summed E-state index contributed by atoms with van der Waals surface area (Å²) in [6.45, 7) is 7.79. The third-order valence-corrected chi connectivity index (χ3v) is 5.04. The third-order valence-electron chi connectivity index (χ3n) is 5.04. The Balaban J connectivity index is 2.04. The van der Waals surface area contributed by atoms with Crippen molar-refractivity contribution in [1.29, 1.82) is 0 Å². The van der Waals surface area contributed by atoms with Gasteiger partial charge in [-0.25, -0.2) is 0 Å². The summed E-state index contributed by atoms with van der Waals surface area (Å²) in [5, 5.41) is 20.5. The van der Waals surface area contributed by atoms with Crippen LogP contribution in [-0.2, 0) is 9.53 Å². The van der Waals surface area contributed by atoms with Crippen molar-refractivity contribution in [3.05, 3.63) is 23.8 Å². The van der Waals surface area contributed by atoms with E-state index in [1.54, 1.807) is 0 Å². The van der Waals surface area contributed by atoms with Crippen molar-refractivity contribution >= 4 is 5.97 Å². The van der Waals surface area contributed by atoms with E-state index in [9.17, 15) is 15.0 Å². The quantitative estimate of drug-likeness (QED) is 0.507. The molecule has 0 spiro atoms. The predicted octanol–water partition coefficient (Wildman–Crippen LogP) is 1.04. The molecule has 1 saturated carbocycles. The minimum absolute atomic E-state index is 0.0430. The number of aliphatic hydroxyl groups is 2. The van der Waals surface area contributed by atoms with Crippen LogP contribution < -0.4 is 0 Å². The molecule has 1 saturated heterocycles. The predicted molar refractivity (Wildman–Crippen MR) is 69.0 cm³/mol. The van der Waals surface area contributed by atoms with E-state index in [0.717, 1.165) is 11.1 Å². The molecule has 104 valence electrons. The third kappa shape index (κ3) is 1.70. The van der Waals surface area contributed by atoms with E-state index in [1.165, 1.54) is 0 Å². The van der Waals surface area contributed by atoms with Gasteiger partial charge in [-0.3, -0.25) is 4.79 Å². The fourth-order valence-corrected chi connectivity index (χ4v) is 4.11. The Kier molecular flexibility index (Phi) is 2.84. The molecule has 0 amide bonds. The molecule has 4 heteroatoms. The van der Waals surface area contributed by atoms with Crippen LogP contribution in [0, 0.1) is 23.7 Å². The van der Waals surface area contributed by atoms with Crippen LogP contribution in [0.25, 0.3) is 0 Å². The Morgan fingerprint density at radius 2 is 2.05 bits per heavy atom. The van der Waals surface area contributed by atoms with Crippen molar-refractivity contribution in [2.24, 2.45) is 23.7 Å². The van der Waals surface area contributed by atoms with Gasteiger partial charge in [-0.05, 0) is 13.3 Å². The SMILES string of the molecule is C=C1C[C@H](O)C2[C@H](C)C(=O)O[C@@H]2[C@H]2C(C)=C[C@H](O)[C@@H]12. The number of fused-ring (bicyclic) bond motifs is 3. The van der Waals surface area contributed by atoms with Gasteiger partial charge in [0.25, 0.3) is 0 Å². The highest BCUT2D eigenvalue weighted by Crippen LogP contribution is 2.50. The Bertz CT molecular complexity index is 467. The van der Waals surface area contributed by atoms with Crippen molar-refractivity contribution in [3.63, 3.8) is 0 Å². The van der Waals surface area contributed by atoms with Gasteiger partial charge < -0.3 is 14.9 Å². The van der Waals surface area contributed by atoms with Gasteiger partial charge in [-0.1, -0.05) is 30.7 Å². The summed E-state index contributed by atoms with van der Waals surface area (Å²) in [4.78, 5) is 11.8. The average molecular weight is 264 g/mol. The Hall–Kier alpha value is -1.13. The van der Waals surface area contributed by atoms with Crippen molar-refractivity contribution in [2.75, 3.05) is 0 Å². The molecule has 19 heavy (non-hydrogen) atoms. The largest absolute Gasteiger partial charge is 0.461 e. The highest BCUT2D eigenvalue weighted by Gasteiger charge is 2.55. The first-order chi connectivity index (χ1) is 8.91. The number of carbonyl (C=O) groups is 1. The topological polar surface area (TPSA) is 66.8 Å². The van der Waals surface area contributed by atoms with Crippen LogP contribution in [0.3, 0.4) is 0 Å². The summed E-state index contributed by atoms with van der Waals surface area (Å²) in [7, 11) is 0. The number of hydrogen-bond acceptors (Lipinski definition) is 4. The number of carbonyl (C=O) groups excluding carboxylic acids is 1. The molecule has 2 fully saturated rings. The number of hydrogen-bond donors (Lipinski definition) is 2. The van der Waals surface area contributed by atoms with Gasteiger partial charge >= 0.3 is 5.97 Å². The molecule has 3 aliphatic rings. The van der Waals surface area contributed by atoms with Crippen LogP contribution in [0.2, 0.25) is 0 Å². The lowest BCUT2D eigenvalue weighted by atomic mass is 9.78. The van der Waals surface area contributed by atoms with E-state index in [-0.39, 0.29) is 35.7 Å². The van der Waals surface area contributed by atoms with Crippen molar-refractivity contribution < 1.29 is 19.7 Å². The summed E-state index contributed by atoms with van der Waals surface area (Å²) in [6, 6.07) is 0. The molecule has 1 aliphatic heterocycles. The molecule has 0 aromatic rings. The molecule has 7 atom stereocenters. The summed E-state index contributed by atoms with van der Waals surface area (Å²) in [5.41, 5.74) is 1.89. The first-order valence-corrected chi connectivity index (χ1v) is 6.84. The minimum Gasteiger partial charge on any atom is -0.461 e. The van der Waals surface area contributed by atoms with Gasteiger partial charge in [0.15, 0.2) is 0 Å². The van der Waals surface area contributed by atoms with E-state index in [0.29, 0.717) is 6.42 Å². The smallest absolute Gasteiger partial charge is 0.309 e. The molecule has 0 aromatic heterocycles. The van der Waals surface area contributed by atoms with Gasteiger partial charge in [0.1, 0.15) is 6.10 Å². The molecular formula is C15H20O4. The lowest BCUT2D eigenvalue weighted by Gasteiger charge is -2.29. The standard InChI is InChI=1S/C15H20O4/c1-6-4-10(17)13-8(3)15(18)19-14(13)12-7(2)5-9(16)11(6)12/h5,8-14,16-17H,1,4H2,2-3H3/t8-,9-,10-,11+,12-,13?,14+/m0/s1. The highest BCUT2D eigenvalue weighted by atomic mass is 16.6. The zero-order valence-corrected chi connectivity index (χ0v) is 11.2. The van der Waals surface area contributed by atoms with E-state index in [4.69, 9.17) is 4.74 Å². The van der Waals surface area contributed by atoms with Crippen LogP contribution in [0.4, 0.5) is 0 Å². The van der Waals surface area contributed by atoms with Gasteiger partial charge in [0, 0.05) is 17.8 Å². The second-order valence-corrected chi connectivity index (χ2v) is 6.15. The second kappa shape index (κ2) is 4.18. The monoisotopic (exact) mass is 264 g/mol. The molecule has 4 nitrogen and oxygen atoms in total. The molecule has 1 heterocycles. The lowest BCUT2D eigenvalue weighted by Crippen LogP contribution is -2.36. The molecule has 0 radical (unpaired) electrons. The normalized spacial score (nSPS) is 49.3. The Labute approximate surface area is 112 Å². The molecule has 2 N–H and O–H groups in total. The first-order valence-electron chi connectivity index (χ1n) is 6.84. The zero-order chi connectivity index (χ0) is 13.9. The maximum atomic E-state index is 11.8. The molecule has 3 rings (SSSR count). The fraction of sp³-hybridized carbons (Fsp3) is 0.667. The maximum absolute atomic E-state index is 11.8. The first kappa shape index (κ1) is 12.9. The van der Waals surface area contributed by atoms with E-state index in [1.807, 2.05) is 19.9 Å². The number of ether oxygens (including phenoxy) is 1. The Morgan fingerprint density at radius 1 is 1.37 bits per heavy atom. The van der Waals surface area contributed by atoms with Gasteiger partial charge in [0.05, 0.1) is 18.1 Å². The summed E-state index contributed by atoms with van der Waals surface area (Å²) in [5.74, 6) is -0.916. The van der Waals surface area contributed by atoms with Gasteiger partial charge in [-0.15, -0.1) is 0 Å².